The van der Waals surface area contributed by atoms with Crippen molar-refractivity contribution in [3.63, 3.8) is 0 Å². The van der Waals surface area contributed by atoms with Gasteiger partial charge in [0.1, 0.15) is 5.60 Å². The molecule has 1 fully saturated rings. The van der Waals surface area contributed by atoms with Gasteiger partial charge in [0, 0.05) is 5.39 Å². The lowest BCUT2D eigenvalue weighted by Gasteiger charge is -2.23. The van der Waals surface area contributed by atoms with Crippen LogP contribution in [0.3, 0.4) is 0 Å². The average molecular weight is 442 g/mol. The molecule has 2 aromatic heterocycles. The molecule has 4 rings (SSSR count). The van der Waals surface area contributed by atoms with Crippen LogP contribution in [0, 0.1) is 0 Å². The zero-order valence-electron chi connectivity index (χ0n) is 17.5. The fourth-order valence-electron chi connectivity index (χ4n) is 3.44. The molecule has 0 aliphatic heterocycles. The van der Waals surface area contributed by atoms with Crippen molar-refractivity contribution in [1.82, 2.24) is 14.3 Å². The molecule has 2 heterocycles. The summed E-state index contributed by atoms with van der Waals surface area (Å²) in [6.07, 6.45) is 1.23. The van der Waals surface area contributed by atoms with Crippen molar-refractivity contribution in [1.29, 1.82) is 0 Å². The molecule has 0 saturated heterocycles. The van der Waals surface area contributed by atoms with Crippen LogP contribution in [0.4, 0.5) is 4.79 Å². The molecule has 1 aliphatic rings. The van der Waals surface area contributed by atoms with Gasteiger partial charge in [-0.05, 0) is 63.9 Å². The van der Waals surface area contributed by atoms with E-state index in [2.05, 4.69) is 10.3 Å². The molecule has 1 saturated carbocycles. The minimum absolute atomic E-state index is 0.0200. The third-order valence-corrected chi connectivity index (χ3v) is 6.75. The van der Waals surface area contributed by atoms with E-state index >= 15 is 0 Å². The quantitative estimate of drug-likeness (QED) is 0.606. The number of hydrogen-bond acceptors (Lipinski definition) is 6. The van der Waals surface area contributed by atoms with E-state index in [4.69, 9.17) is 4.74 Å². The highest BCUT2D eigenvalue weighted by Gasteiger charge is 2.48. The molecule has 0 unspecified atom stereocenters. The standard InChI is InChI=1S/C22H23N3O5S/c1-21(2,3)30-20(27)24-22(11-12-22)18-10-9-15-13-16(14-26)25(19(15)23-18)31(28,29)17-7-5-4-6-8-17/h4-10,13-14H,11-12H2,1-3H3,(H,24,27). The maximum atomic E-state index is 13.3. The van der Waals surface area contributed by atoms with Crippen LogP contribution in [0.1, 0.15) is 49.8 Å². The lowest BCUT2D eigenvalue weighted by atomic mass is 10.1. The molecule has 3 aromatic rings. The summed E-state index contributed by atoms with van der Waals surface area (Å²) in [6, 6.07) is 12.8. The lowest BCUT2D eigenvalue weighted by molar-refractivity contribution is 0.0493. The summed E-state index contributed by atoms with van der Waals surface area (Å²) in [6.45, 7) is 5.33. The average Bonchev–Trinajstić information content (AvgIpc) is 3.37. The lowest BCUT2D eigenvalue weighted by Crippen LogP contribution is -2.39. The molecule has 0 bridgehead atoms. The molecule has 9 heteroatoms. The Hall–Kier alpha value is -3.20. The fraction of sp³-hybridized carbons (Fsp3) is 0.318. The largest absolute Gasteiger partial charge is 0.444 e. The molecule has 162 valence electrons. The minimum atomic E-state index is -4.04. The van der Waals surface area contributed by atoms with Gasteiger partial charge in [-0.3, -0.25) is 4.79 Å². The van der Waals surface area contributed by atoms with Crippen LogP contribution in [0.2, 0.25) is 0 Å². The molecule has 1 aromatic carbocycles. The number of amides is 1. The monoisotopic (exact) mass is 441 g/mol. The van der Waals surface area contributed by atoms with E-state index in [-0.39, 0.29) is 16.2 Å². The predicted octanol–water partition coefficient (Wildman–Crippen LogP) is 3.60. The molecule has 0 spiro atoms. The van der Waals surface area contributed by atoms with Gasteiger partial charge < -0.3 is 10.1 Å². The number of fused-ring (bicyclic) bond motifs is 1. The topological polar surface area (TPSA) is 107 Å². The molecule has 0 radical (unpaired) electrons. The number of hydrogen-bond donors (Lipinski definition) is 1. The molecule has 1 amide bonds. The van der Waals surface area contributed by atoms with E-state index in [1.165, 1.54) is 18.2 Å². The summed E-state index contributed by atoms with van der Waals surface area (Å²) < 4.78 is 32.9. The number of aromatic nitrogens is 2. The van der Waals surface area contributed by atoms with Gasteiger partial charge >= 0.3 is 6.09 Å². The predicted molar refractivity (Wildman–Crippen MR) is 114 cm³/mol. The Bertz CT molecular complexity index is 1270. The van der Waals surface area contributed by atoms with Crippen LogP contribution in [0.25, 0.3) is 11.0 Å². The molecule has 1 N–H and O–H groups in total. The Labute approximate surface area is 180 Å². The van der Waals surface area contributed by atoms with E-state index in [9.17, 15) is 18.0 Å². The first kappa shape index (κ1) is 21.0. The van der Waals surface area contributed by atoms with Crippen molar-refractivity contribution in [2.75, 3.05) is 0 Å². The van der Waals surface area contributed by atoms with Gasteiger partial charge in [0.05, 0.1) is 21.8 Å². The number of ether oxygens (including phenoxy) is 1. The van der Waals surface area contributed by atoms with Gasteiger partial charge in [0.25, 0.3) is 10.0 Å². The number of pyridine rings is 1. The molecular formula is C22H23N3O5S. The number of rotatable bonds is 5. The Morgan fingerprint density at radius 1 is 1.16 bits per heavy atom. The second-order valence-electron chi connectivity index (χ2n) is 8.59. The molecule has 1 aliphatic carbocycles. The zero-order chi connectivity index (χ0) is 22.4. The highest BCUT2D eigenvalue weighted by atomic mass is 32.2. The molecule has 31 heavy (non-hydrogen) atoms. The van der Waals surface area contributed by atoms with Crippen LogP contribution in [0.15, 0.2) is 53.4 Å². The summed E-state index contributed by atoms with van der Waals surface area (Å²) in [5, 5.41) is 3.38. The summed E-state index contributed by atoms with van der Waals surface area (Å²) in [5.41, 5.74) is -0.724. The third kappa shape index (κ3) is 3.93. The van der Waals surface area contributed by atoms with Crippen molar-refractivity contribution in [2.45, 2.75) is 49.6 Å². The number of nitrogens with one attached hydrogen (secondary N) is 1. The van der Waals surface area contributed by atoms with Crippen molar-refractivity contribution in [3.05, 3.63) is 59.9 Å². The second-order valence-corrected chi connectivity index (χ2v) is 10.4. The van der Waals surface area contributed by atoms with Gasteiger partial charge in [-0.2, -0.15) is 0 Å². The van der Waals surface area contributed by atoms with Gasteiger partial charge in [0.15, 0.2) is 11.9 Å². The normalized spacial score (nSPS) is 15.5. The summed E-state index contributed by atoms with van der Waals surface area (Å²) in [4.78, 5) is 28.6. The Kier molecular flexibility index (Phi) is 4.88. The summed E-state index contributed by atoms with van der Waals surface area (Å²) in [7, 11) is -4.04. The number of carbonyl (C=O) groups excluding carboxylic acids is 2. The van der Waals surface area contributed by atoms with Crippen LogP contribution < -0.4 is 5.32 Å². The van der Waals surface area contributed by atoms with Crippen molar-refractivity contribution < 1.29 is 22.7 Å². The van der Waals surface area contributed by atoms with E-state index in [1.807, 2.05) is 0 Å². The molecule has 0 atom stereocenters. The van der Waals surface area contributed by atoms with Crippen molar-refractivity contribution >= 4 is 33.4 Å². The number of carbonyl (C=O) groups is 2. The number of benzene rings is 1. The van der Waals surface area contributed by atoms with Gasteiger partial charge in [-0.15, -0.1) is 0 Å². The Morgan fingerprint density at radius 2 is 1.84 bits per heavy atom. The minimum Gasteiger partial charge on any atom is -0.444 e. The van der Waals surface area contributed by atoms with Crippen LogP contribution in [-0.2, 0) is 20.3 Å². The summed E-state index contributed by atoms with van der Waals surface area (Å²) >= 11 is 0. The SMILES string of the molecule is CC(C)(C)OC(=O)NC1(c2ccc3cc(C=O)n(S(=O)(=O)c4ccccc4)c3n2)CC1. The van der Waals surface area contributed by atoms with E-state index in [1.54, 1.807) is 51.1 Å². The number of alkyl carbamates (subject to hydrolysis) is 1. The Balaban J connectivity index is 1.79. The first-order chi connectivity index (χ1) is 14.6. The van der Waals surface area contributed by atoms with E-state index < -0.39 is 27.3 Å². The number of nitrogens with zero attached hydrogens (tertiary/aromatic N) is 2. The van der Waals surface area contributed by atoms with Gasteiger partial charge in [-0.25, -0.2) is 22.2 Å². The fourth-order valence-corrected chi connectivity index (χ4v) is 4.90. The van der Waals surface area contributed by atoms with E-state index in [0.29, 0.717) is 30.2 Å². The van der Waals surface area contributed by atoms with Crippen LogP contribution >= 0.6 is 0 Å². The maximum Gasteiger partial charge on any atom is 0.408 e. The zero-order valence-corrected chi connectivity index (χ0v) is 18.3. The van der Waals surface area contributed by atoms with Gasteiger partial charge in [-0.1, -0.05) is 18.2 Å². The Morgan fingerprint density at radius 3 is 2.42 bits per heavy atom. The molecular weight excluding hydrogens is 418 g/mol. The summed E-state index contributed by atoms with van der Waals surface area (Å²) in [5.74, 6) is 0. The maximum absolute atomic E-state index is 13.3. The van der Waals surface area contributed by atoms with Crippen molar-refractivity contribution in [2.24, 2.45) is 0 Å². The van der Waals surface area contributed by atoms with Gasteiger partial charge in [0.2, 0.25) is 0 Å². The second kappa shape index (κ2) is 7.19. The first-order valence-electron chi connectivity index (χ1n) is 9.86. The third-order valence-electron chi connectivity index (χ3n) is 5.02. The van der Waals surface area contributed by atoms with Crippen LogP contribution in [0.5, 0.6) is 0 Å². The first-order valence-corrected chi connectivity index (χ1v) is 11.3. The highest BCUT2D eigenvalue weighted by Crippen LogP contribution is 2.45. The van der Waals surface area contributed by atoms with Crippen molar-refractivity contribution in [3.8, 4) is 0 Å². The highest BCUT2D eigenvalue weighted by molar-refractivity contribution is 7.90. The van der Waals surface area contributed by atoms with Crippen LogP contribution in [-0.4, -0.2) is 35.4 Å². The van der Waals surface area contributed by atoms with E-state index in [0.717, 1.165) is 3.97 Å². The smallest absolute Gasteiger partial charge is 0.408 e. The number of aldehydes is 1. The molecule has 8 nitrogen and oxygen atoms in total.